The molecule has 186 valence electrons. The van der Waals surface area contributed by atoms with Crippen LogP contribution in [0.25, 0.3) is 10.8 Å². The molecule has 2 aromatic rings. The Morgan fingerprint density at radius 1 is 1.06 bits per heavy atom. The molecule has 1 aliphatic heterocycles. The number of fused-ring (bicyclic) bond motifs is 2. The second kappa shape index (κ2) is 10.1. The van der Waals surface area contributed by atoms with Crippen molar-refractivity contribution in [2.24, 2.45) is 11.3 Å². The SMILES string of the molecule is CCCC(Oc1ccc2ccccc2c1)N(C)C(CC)C12C=CC(OC)=C(OC)C1C(=O)NC2=O. The van der Waals surface area contributed by atoms with E-state index in [1.807, 2.05) is 44.3 Å². The smallest absolute Gasteiger partial charge is 0.239 e. The lowest BCUT2D eigenvalue weighted by atomic mass is 9.66. The highest BCUT2D eigenvalue weighted by molar-refractivity contribution is 6.10. The Balaban J connectivity index is 1.70. The van der Waals surface area contributed by atoms with Gasteiger partial charge in [-0.3, -0.25) is 19.8 Å². The molecule has 4 atom stereocenters. The van der Waals surface area contributed by atoms with Gasteiger partial charge in [0.2, 0.25) is 11.8 Å². The maximum Gasteiger partial charge on any atom is 0.239 e. The highest BCUT2D eigenvalue weighted by Crippen LogP contribution is 2.49. The second-order valence-corrected chi connectivity index (χ2v) is 9.11. The standard InChI is InChI=1S/C28H34N2O5/c1-6-10-23(35-20-14-13-18-11-8-9-12-19(18)17-20)30(3)22(7-2)28-16-15-21(33-4)25(34-5)24(28)26(31)29-27(28)32/h8-9,11-17,22-24H,6-7,10H2,1-5H3,(H,29,31,32). The first kappa shape index (κ1) is 24.8. The average Bonchev–Trinajstić information content (AvgIpc) is 3.13. The van der Waals surface area contributed by atoms with Crippen molar-refractivity contribution in [3.05, 3.63) is 66.1 Å². The molecule has 1 aliphatic carbocycles. The van der Waals surface area contributed by atoms with E-state index in [9.17, 15) is 9.59 Å². The van der Waals surface area contributed by atoms with Gasteiger partial charge in [-0.15, -0.1) is 0 Å². The first-order valence-corrected chi connectivity index (χ1v) is 12.1. The molecule has 4 unspecified atom stereocenters. The van der Waals surface area contributed by atoms with Crippen molar-refractivity contribution < 1.29 is 23.8 Å². The largest absolute Gasteiger partial charge is 0.496 e. The van der Waals surface area contributed by atoms with Crippen LogP contribution in [0.15, 0.2) is 66.1 Å². The maximum atomic E-state index is 13.4. The number of ether oxygens (including phenoxy) is 3. The Hall–Kier alpha value is -3.32. The summed E-state index contributed by atoms with van der Waals surface area (Å²) in [6, 6.07) is 13.9. The number of amides is 2. The van der Waals surface area contributed by atoms with Crippen molar-refractivity contribution in [1.29, 1.82) is 0 Å². The molecular weight excluding hydrogens is 444 g/mol. The number of nitrogens with zero attached hydrogens (tertiary/aromatic N) is 1. The summed E-state index contributed by atoms with van der Waals surface area (Å²) in [6.07, 6.45) is 5.53. The number of hydrogen-bond acceptors (Lipinski definition) is 6. The Labute approximate surface area is 206 Å². The molecule has 1 saturated heterocycles. The number of hydrogen-bond donors (Lipinski definition) is 1. The van der Waals surface area contributed by atoms with Crippen LogP contribution in [-0.4, -0.2) is 50.3 Å². The Morgan fingerprint density at radius 2 is 1.80 bits per heavy atom. The van der Waals surface area contributed by atoms with E-state index in [4.69, 9.17) is 14.2 Å². The third kappa shape index (κ3) is 4.18. The maximum absolute atomic E-state index is 13.4. The molecule has 7 heteroatoms. The van der Waals surface area contributed by atoms with Gasteiger partial charge in [-0.2, -0.15) is 0 Å². The van der Waals surface area contributed by atoms with E-state index in [1.165, 1.54) is 14.2 Å². The molecule has 1 N–H and O–H groups in total. The molecule has 7 nitrogen and oxygen atoms in total. The summed E-state index contributed by atoms with van der Waals surface area (Å²) >= 11 is 0. The highest BCUT2D eigenvalue weighted by Gasteiger charge is 2.62. The first-order chi connectivity index (χ1) is 16.9. The highest BCUT2D eigenvalue weighted by atomic mass is 16.5. The quantitative estimate of drug-likeness (QED) is 0.403. The summed E-state index contributed by atoms with van der Waals surface area (Å²) < 4.78 is 17.6. The zero-order valence-corrected chi connectivity index (χ0v) is 21.0. The summed E-state index contributed by atoms with van der Waals surface area (Å²) in [5, 5.41) is 4.80. The van der Waals surface area contributed by atoms with Gasteiger partial charge < -0.3 is 14.2 Å². The molecule has 2 aliphatic rings. The molecule has 35 heavy (non-hydrogen) atoms. The van der Waals surface area contributed by atoms with Crippen LogP contribution in [0, 0.1) is 11.3 Å². The van der Waals surface area contributed by atoms with E-state index in [-0.39, 0.29) is 24.1 Å². The molecule has 2 aromatic carbocycles. The van der Waals surface area contributed by atoms with Gasteiger partial charge in [0.25, 0.3) is 0 Å². The van der Waals surface area contributed by atoms with E-state index in [0.717, 1.165) is 29.4 Å². The van der Waals surface area contributed by atoms with E-state index in [0.29, 0.717) is 17.9 Å². The molecule has 0 bridgehead atoms. The summed E-state index contributed by atoms with van der Waals surface area (Å²) in [5.74, 6) is 0.0763. The van der Waals surface area contributed by atoms with Crippen LogP contribution in [-0.2, 0) is 19.1 Å². The number of carbonyl (C=O) groups excluding carboxylic acids is 2. The molecule has 1 fully saturated rings. The fourth-order valence-electron chi connectivity index (χ4n) is 5.58. The third-order valence-electron chi connectivity index (χ3n) is 7.24. The van der Waals surface area contributed by atoms with Gasteiger partial charge in [0.15, 0.2) is 17.7 Å². The van der Waals surface area contributed by atoms with Crippen LogP contribution in [0.3, 0.4) is 0 Å². The lowest BCUT2D eigenvalue weighted by Crippen LogP contribution is -2.56. The minimum atomic E-state index is -1.13. The number of allylic oxidation sites excluding steroid dienone is 1. The number of rotatable bonds is 10. The fourth-order valence-corrected chi connectivity index (χ4v) is 5.58. The van der Waals surface area contributed by atoms with Gasteiger partial charge >= 0.3 is 0 Å². The van der Waals surface area contributed by atoms with Crippen molar-refractivity contribution in [3.8, 4) is 5.75 Å². The molecule has 0 radical (unpaired) electrons. The van der Waals surface area contributed by atoms with Crippen molar-refractivity contribution in [1.82, 2.24) is 10.2 Å². The number of carbonyl (C=O) groups is 2. The molecule has 0 saturated carbocycles. The molecule has 4 rings (SSSR count). The number of benzene rings is 2. The van der Waals surface area contributed by atoms with Gasteiger partial charge in [-0.05, 0) is 48.9 Å². The normalized spacial score (nSPS) is 23.3. The fraction of sp³-hybridized carbons (Fsp3) is 0.429. The van der Waals surface area contributed by atoms with E-state index < -0.39 is 11.3 Å². The number of imide groups is 1. The van der Waals surface area contributed by atoms with Crippen molar-refractivity contribution in [2.45, 2.75) is 45.4 Å². The average molecular weight is 479 g/mol. The van der Waals surface area contributed by atoms with Gasteiger partial charge in [0.05, 0.1) is 14.2 Å². The van der Waals surface area contributed by atoms with Crippen LogP contribution >= 0.6 is 0 Å². The second-order valence-electron chi connectivity index (χ2n) is 9.11. The van der Waals surface area contributed by atoms with Crippen molar-refractivity contribution in [3.63, 3.8) is 0 Å². The Bertz CT molecular complexity index is 1170. The lowest BCUT2D eigenvalue weighted by Gasteiger charge is -2.45. The zero-order valence-electron chi connectivity index (χ0n) is 21.0. The third-order valence-corrected chi connectivity index (χ3v) is 7.24. The Kier molecular flexibility index (Phi) is 7.17. The first-order valence-electron chi connectivity index (χ1n) is 12.1. The van der Waals surface area contributed by atoms with Crippen LogP contribution < -0.4 is 10.1 Å². The minimum Gasteiger partial charge on any atom is -0.496 e. The molecule has 0 aromatic heterocycles. The van der Waals surface area contributed by atoms with Crippen molar-refractivity contribution >= 4 is 22.6 Å². The molecule has 0 spiro atoms. The van der Waals surface area contributed by atoms with Gasteiger partial charge in [-0.1, -0.05) is 56.7 Å². The zero-order chi connectivity index (χ0) is 25.2. The van der Waals surface area contributed by atoms with E-state index in [1.54, 1.807) is 6.08 Å². The topological polar surface area (TPSA) is 77.1 Å². The van der Waals surface area contributed by atoms with Gasteiger partial charge in [0, 0.05) is 6.04 Å². The van der Waals surface area contributed by atoms with Crippen molar-refractivity contribution in [2.75, 3.05) is 21.3 Å². The summed E-state index contributed by atoms with van der Waals surface area (Å²) in [4.78, 5) is 28.5. The Morgan fingerprint density at radius 3 is 2.46 bits per heavy atom. The summed E-state index contributed by atoms with van der Waals surface area (Å²) in [6.45, 7) is 4.13. The number of methoxy groups -OCH3 is 2. The molecule has 2 amide bonds. The predicted molar refractivity (Wildman–Crippen MR) is 134 cm³/mol. The van der Waals surface area contributed by atoms with Gasteiger partial charge in [-0.25, -0.2) is 0 Å². The molecular formula is C28H34N2O5. The lowest BCUT2D eigenvalue weighted by molar-refractivity contribution is -0.133. The van der Waals surface area contributed by atoms with Crippen LogP contribution in [0.1, 0.15) is 33.1 Å². The minimum absolute atomic E-state index is 0.295. The van der Waals surface area contributed by atoms with E-state index >= 15 is 0 Å². The van der Waals surface area contributed by atoms with Crippen LogP contribution in [0.4, 0.5) is 0 Å². The van der Waals surface area contributed by atoms with E-state index in [2.05, 4.69) is 35.3 Å². The van der Waals surface area contributed by atoms with Crippen LogP contribution in [0.2, 0.25) is 0 Å². The van der Waals surface area contributed by atoms with Gasteiger partial charge in [0.1, 0.15) is 17.1 Å². The summed E-state index contributed by atoms with van der Waals surface area (Å²) in [5.41, 5.74) is -1.13. The monoisotopic (exact) mass is 478 g/mol. The number of nitrogens with one attached hydrogen (secondary N) is 1. The molecule has 1 heterocycles. The summed E-state index contributed by atoms with van der Waals surface area (Å²) in [7, 11) is 4.99. The van der Waals surface area contributed by atoms with Crippen LogP contribution in [0.5, 0.6) is 5.75 Å². The predicted octanol–water partition coefficient (Wildman–Crippen LogP) is 4.39.